The van der Waals surface area contributed by atoms with Crippen LogP contribution in [0.5, 0.6) is 0 Å². The van der Waals surface area contributed by atoms with E-state index in [0.717, 1.165) is 31.6 Å². The lowest BCUT2D eigenvalue weighted by molar-refractivity contribution is 0.0590. The highest BCUT2D eigenvalue weighted by molar-refractivity contribution is 4.74. The standard InChI is InChI=1S/C13H27NO/c1-11(10-14-13(2,3)4)9-12-5-7-15-8-6-12/h11-12,14H,5-10H2,1-4H3. The maximum absolute atomic E-state index is 5.38. The van der Waals surface area contributed by atoms with Gasteiger partial charge in [0.2, 0.25) is 0 Å². The maximum atomic E-state index is 5.38. The molecule has 1 atom stereocenters. The van der Waals surface area contributed by atoms with Gasteiger partial charge in [-0.3, -0.25) is 0 Å². The largest absolute Gasteiger partial charge is 0.381 e. The van der Waals surface area contributed by atoms with Gasteiger partial charge in [0.05, 0.1) is 0 Å². The molecule has 0 aromatic carbocycles. The zero-order valence-corrected chi connectivity index (χ0v) is 10.8. The SMILES string of the molecule is CC(CNC(C)(C)C)CC1CCOCC1. The molecule has 1 heterocycles. The number of ether oxygens (including phenoxy) is 1. The van der Waals surface area contributed by atoms with Gasteiger partial charge in [0, 0.05) is 18.8 Å². The average molecular weight is 213 g/mol. The lowest BCUT2D eigenvalue weighted by Gasteiger charge is -2.27. The Morgan fingerprint density at radius 2 is 1.87 bits per heavy atom. The second kappa shape index (κ2) is 5.86. The van der Waals surface area contributed by atoms with Crippen LogP contribution < -0.4 is 5.32 Å². The molecule has 2 heteroatoms. The molecule has 0 aliphatic carbocycles. The van der Waals surface area contributed by atoms with Crippen LogP contribution in [0.4, 0.5) is 0 Å². The number of rotatable bonds is 4. The van der Waals surface area contributed by atoms with E-state index >= 15 is 0 Å². The Bertz CT molecular complexity index is 168. The molecule has 0 aromatic rings. The van der Waals surface area contributed by atoms with Crippen LogP contribution in [0.1, 0.15) is 47.0 Å². The predicted octanol–water partition coefficient (Wildman–Crippen LogP) is 2.83. The maximum Gasteiger partial charge on any atom is 0.0468 e. The van der Waals surface area contributed by atoms with Gasteiger partial charge in [0.1, 0.15) is 0 Å². The Kier molecular flexibility index (Phi) is 5.07. The molecule has 2 nitrogen and oxygen atoms in total. The van der Waals surface area contributed by atoms with Gasteiger partial charge in [-0.15, -0.1) is 0 Å². The summed E-state index contributed by atoms with van der Waals surface area (Å²) >= 11 is 0. The van der Waals surface area contributed by atoms with Crippen LogP contribution in [0.3, 0.4) is 0 Å². The molecular formula is C13H27NO. The van der Waals surface area contributed by atoms with E-state index in [9.17, 15) is 0 Å². The first-order valence-electron chi connectivity index (χ1n) is 6.30. The van der Waals surface area contributed by atoms with Crippen molar-refractivity contribution in [2.75, 3.05) is 19.8 Å². The van der Waals surface area contributed by atoms with Crippen LogP contribution in [-0.4, -0.2) is 25.3 Å². The molecule has 0 amide bonds. The van der Waals surface area contributed by atoms with Crippen LogP contribution in [0, 0.1) is 11.8 Å². The molecule has 0 aromatic heterocycles. The summed E-state index contributed by atoms with van der Waals surface area (Å²) in [6.07, 6.45) is 3.88. The molecule has 1 rings (SSSR count). The summed E-state index contributed by atoms with van der Waals surface area (Å²) in [6.45, 7) is 12.1. The molecule has 1 N–H and O–H groups in total. The Morgan fingerprint density at radius 3 is 2.40 bits per heavy atom. The van der Waals surface area contributed by atoms with Crippen molar-refractivity contribution >= 4 is 0 Å². The Hall–Kier alpha value is -0.0800. The Morgan fingerprint density at radius 1 is 1.27 bits per heavy atom. The van der Waals surface area contributed by atoms with Gasteiger partial charge in [-0.25, -0.2) is 0 Å². The molecule has 15 heavy (non-hydrogen) atoms. The van der Waals surface area contributed by atoms with Gasteiger partial charge >= 0.3 is 0 Å². The van der Waals surface area contributed by atoms with Crippen molar-refractivity contribution < 1.29 is 4.74 Å². The fraction of sp³-hybridized carbons (Fsp3) is 1.00. The zero-order chi connectivity index (χ0) is 11.3. The number of hydrogen-bond acceptors (Lipinski definition) is 2. The lowest BCUT2D eigenvalue weighted by atomic mass is 9.89. The Balaban J connectivity index is 2.14. The molecule has 0 spiro atoms. The summed E-state index contributed by atoms with van der Waals surface area (Å²) in [4.78, 5) is 0. The van der Waals surface area contributed by atoms with E-state index < -0.39 is 0 Å². The molecule has 1 unspecified atom stereocenters. The van der Waals surface area contributed by atoms with Crippen molar-refractivity contribution in [3.05, 3.63) is 0 Å². The fourth-order valence-corrected chi connectivity index (χ4v) is 2.11. The van der Waals surface area contributed by atoms with Gasteiger partial charge in [0.25, 0.3) is 0 Å². The lowest BCUT2D eigenvalue weighted by Crippen LogP contribution is -2.39. The van der Waals surface area contributed by atoms with Gasteiger partial charge in [-0.1, -0.05) is 6.92 Å². The van der Waals surface area contributed by atoms with Crippen LogP contribution >= 0.6 is 0 Å². The van der Waals surface area contributed by atoms with Crippen molar-refractivity contribution in [3.63, 3.8) is 0 Å². The third-order valence-corrected chi connectivity index (χ3v) is 3.06. The first-order chi connectivity index (χ1) is 6.97. The summed E-state index contributed by atoms with van der Waals surface area (Å²) in [6, 6.07) is 0. The van der Waals surface area contributed by atoms with Gasteiger partial charge in [0.15, 0.2) is 0 Å². The molecule has 1 aliphatic rings. The highest BCUT2D eigenvalue weighted by Gasteiger charge is 2.18. The van der Waals surface area contributed by atoms with E-state index in [-0.39, 0.29) is 5.54 Å². The minimum Gasteiger partial charge on any atom is -0.381 e. The van der Waals surface area contributed by atoms with Crippen molar-refractivity contribution in [3.8, 4) is 0 Å². The quantitative estimate of drug-likeness (QED) is 0.775. The van der Waals surface area contributed by atoms with Crippen LogP contribution in [0.2, 0.25) is 0 Å². The average Bonchev–Trinajstić information content (AvgIpc) is 2.15. The van der Waals surface area contributed by atoms with E-state index in [0.29, 0.717) is 0 Å². The topological polar surface area (TPSA) is 21.3 Å². The summed E-state index contributed by atoms with van der Waals surface area (Å²) in [7, 11) is 0. The minimum absolute atomic E-state index is 0.254. The predicted molar refractivity (Wildman–Crippen MR) is 65.1 cm³/mol. The summed E-state index contributed by atoms with van der Waals surface area (Å²) in [5, 5.41) is 3.58. The van der Waals surface area contributed by atoms with Crippen molar-refractivity contribution in [2.45, 2.75) is 52.5 Å². The minimum atomic E-state index is 0.254. The van der Waals surface area contributed by atoms with E-state index in [1.807, 2.05) is 0 Å². The third kappa shape index (κ3) is 6.16. The first-order valence-corrected chi connectivity index (χ1v) is 6.30. The van der Waals surface area contributed by atoms with E-state index in [1.165, 1.54) is 19.3 Å². The van der Waals surface area contributed by atoms with Crippen molar-refractivity contribution in [1.29, 1.82) is 0 Å². The molecule has 90 valence electrons. The molecule has 1 aliphatic heterocycles. The monoisotopic (exact) mass is 213 g/mol. The van der Waals surface area contributed by atoms with E-state index in [2.05, 4.69) is 33.0 Å². The summed E-state index contributed by atoms with van der Waals surface area (Å²) < 4.78 is 5.38. The highest BCUT2D eigenvalue weighted by Crippen LogP contribution is 2.22. The van der Waals surface area contributed by atoms with Gasteiger partial charge in [-0.2, -0.15) is 0 Å². The number of hydrogen-bond donors (Lipinski definition) is 1. The van der Waals surface area contributed by atoms with E-state index in [1.54, 1.807) is 0 Å². The van der Waals surface area contributed by atoms with E-state index in [4.69, 9.17) is 4.74 Å². The summed E-state index contributed by atoms with van der Waals surface area (Å²) in [5.41, 5.74) is 0.254. The van der Waals surface area contributed by atoms with Crippen LogP contribution in [0.15, 0.2) is 0 Å². The molecular weight excluding hydrogens is 186 g/mol. The first kappa shape index (κ1) is 13.0. The van der Waals surface area contributed by atoms with Crippen molar-refractivity contribution in [2.24, 2.45) is 11.8 Å². The fourth-order valence-electron chi connectivity index (χ4n) is 2.11. The second-order valence-electron chi connectivity index (χ2n) is 6.03. The third-order valence-electron chi connectivity index (χ3n) is 3.06. The van der Waals surface area contributed by atoms with Crippen LogP contribution in [0.25, 0.3) is 0 Å². The smallest absolute Gasteiger partial charge is 0.0468 e. The summed E-state index contributed by atoms with van der Waals surface area (Å²) in [5.74, 6) is 1.68. The molecule has 0 bridgehead atoms. The molecule has 1 fully saturated rings. The van der Waals surface area contributed by atoms with Gasteiger partial charge in [-0.05, 0) is 58.4 Å². The second-order valence-corrected chi connectivity index (χ2v) is 6.03. The molecule has 1 saturated heterocycles. The molecule has 0 saturated carbocycles. The van der Waals surface area contributed by atoms with Gasteiger partial charge < -0.3 is 10.1 Å². The molecule has 0 radical (unpaired) electrons. The highest BCUT2D eigenvalue weighted by atomic mass is 16.5. The van der Waals surface area contributed by atoms with Crippen LogP contribution in [-0.2, 0) is 4.74 Å². The Labute approximate surface area is 94.8 Å². The zero-order valence-electron chi connectivity index (χ0n) is 10.8. The van der Waals surface area contributed by atoms with Crippen molar-refractivity contribution in [1.82, 2.24) is 5.32 Å². The number of nitrogens with one attached hydrogen (secondary N) is 1. The normalized spacial score (nSPS) is 21.6.